The summed E-state index contributed by atoms with van der Waals surface area (Å²) in [5, 5.41) is 16.2. The van der Waals surface area contributed by atoms with E-state index in [1.54, 1.807) is 10.9 Å². The van der Waals surface area contributed by atoms with Crippen LogP contribution >= 0.6 is 15.9 Å². The van der Waals surface area contributed by atoms with Crippen LogP contribution in [0.15, 0.2) is 69.1 Å². The molecule has 0 saturated carbocycles. The lowest BCUT2D eigenvalue weighted by Crippen LogP contribution is -2.37. The lowest BCUT2D eigenvalue weighted by Gasteiger charge is -2.23. The number of hydrazone groups is 1. The van der Waals surface area contributed by atoms with Crippen molar-refractivity contribution in [2.75, 3.05) is 0 Å². The molecule has 1 amide bonds. The first-order chi connectivity index (χ1) is 18.4. The largest absolute Gasteiger partial charge is 0.293 e. The molecule has 0 aliphatic carbocycles. The van der Waals surface area contributed by atoms with E-state index in [-0.39, 0.29) is 30.0 Å². The Morgan fingerprint density at radius 1 is 1.08 bits per heavy atom. The number of rotatable bonds is 5. The zero-order valence-electron chi connectivity index (χ0n) is 23.1. The molecule has 2 aromatic carbocycles. The molecule has 3 heterocycles. The third-order valence-corrected chi connectivity index (χ3v) is 7.51. The number of carbonyl (C=O) groups is 1. The third kappa shape index (κ3) is 5.20. The van der Waals surface area contributed by atoms with Crippen molar-refractivity contribution in [2.24, 2.45) is 5.10 Å². The predicted molar refractivity (Wildman–Crippen MR) is 157 cm³/mol. The molecule has 39 heavy (non-hydrogen) atoms. The van der Waals surface area contributed by atoms with Crippen molar-refractivity contribution in [3.05, 3.63) is 91.9 Å². The Labute approximate surface area is 236 Å². The molecule has 202 valence electrons. The Hall–Kier alpha value is -3.59. The fraction of sp³-hybridized carbons (Fsp3) is 0.367. The number of hydrogen-bond acceptors (Lipinski definition) is 5. The number of hydrogen-bond donors (Lipinski definition) is 0. The number of aromatic nitrogens is 4. The van der Waals surface area contributed by atoms with Gasteiger partial charge >= 0.3 is 0 Å². The fourth-order valence-electron chi connectivity index (χ4n) is 4.94. The number of halogens is 1. The molecule has 1 aliphatic rings. The molecule has 4 aromatic rings. The van der Waals surface area contributed by atoms with Gasteiger partial charge in [-0.1, -0.05) is 71.7 Å². The summed E-state index contributed by atoms with van der Waals surface area (Å²) >= 11 is 3.49. The van der Waals surface area contributed by atoms with E-state index in [2.05, 4.69) is 26.1 Å². The minimum absolute atomic E-state index is 0.0428. The van der Waals surface area contributed by atoms with Crippen LogP contribution in [0.3, 0.4) is 0 Å². The van der Waals surface area contributed by atoms with Crippen LogP contribution in [0.5, 0.6) is 0 Å². The van der Waals surface area contributed by atoms with Gasteiger partial charge in [0, 0.05) is 16.3 Å². The molecule has 1 unspecified atom stereocenters. The van der Waals surface area contributed by atoms with Crippen molar-refractivity contribution in [3.63, 3.8) is 0 Å². The smallest absolute Gasteiger partial charge is 0.271 e. The Bertz CT molecular complexity index is 1630. The van der Waals surface area contributed by atoms with Crippen LogP contribution in [-0.2, 0) is 16.9 Å². The highest BCUT2D eigenvalue weighted by Crippen LogP contribution is 2.33. The Morgan fingerprint density at radius 3 is 2.36 bits per heavy atom. The van der Waals surface area contributed by atoms with E-state index >= 15 is 0 Å². The molecule has 0 N–H and O–H groups in total. The molecular weight excluding hydrogens is 556 g/mol. The van der Waals surface area contributed by atoms with Gasteiger partial charge in [0.15, 0.2) is 0 Å². The van der Waals surface area contributed by atoms with Crippen LogP contribution in [0.4, 0.5) is 0 Å². The van der Waals surface area contributed by atoms with Crippen molar-refractivity contribution < 1.29 is 4.79 Å². The van der Waals surface area contributed by atoms with E-state index in [0.717, 1.165) is 38.0 Å². The highest BCUT2D eigenvalue weighted by Gasteiger charge is 2.34. The van der Waals surface area contributed by atoms with Crippen LogP contribution in [0.25, 0.3) is 10.9 Å². The van der Waals surface area contributed by atoms with E-state index in [9.17, 15) is 9.59 Å². The van der Waals surface area contributed by atoms with Crippen molar-refractivity contribution in [1.82, 2.24) is 24.6 Å². The summed E-state index contributed by atoms with van der Waals surface area (Å²) in [4.78, 5) is 27.6. The van der Waals surface area contributed by atoms with Gasteiger partial charge in [0.25, 0.3) is 11.5 Å². The minimum atomic E-state index is -0.409. The molecule has 0 spiro atoms. The van der Waals surface area contributed by atoms with Crippen LogP contribution in [0.2, 0.25) is 0 Å². The second kappa shape index (κ2) is 10.2. The second-order valence-electron chi connectivity index (χ2n) is 11.4. The highest BCUT2D eigenvalue weighted by atomic mass is 79.9. The number of aryl methyl sites for hydroxylation is 1. The molecule has 0 radical (unpaired) electrons. The standard InChI is InChI=1S/C30H33BrN6O2/c1-18(2)27-23-16-32-37(30(4,5)6)28(23)29(39)35(34-27)17-26(38)36-25(21-9-7-19(3)8-10-21)15-24(33-36)20-11-13-22(31)14-12-20/h7-14,16,18,25H,15,17H2,1-6H3. The summed E-state index contributed by atoms with van der Waals surface area (Å²) < 4.78 is 3.99. The highest BCUT2D eigenvalue weighted by molar-refractivity contribution is 9.10. The summed E-state index contributed by atoms with van der Waals surface area (Å²) in [7, 11) is 0. The van der Waals surface area contributed by atoms with Gasteiger partial charge in [0.05, 0.1) is 29.2 Å². The second-order valence-corrected chi connectivity index (χ2v) is 12.3. The van der Waals surface area contributed by atoms with Gasteiger partial charge in [-0.25, -0.2) is 9.69 Å². The van der Waals surface area contributed by atoms with Crippen LogP contribution in [0, 0.1) is 6.92 Å². The maximum atomic E-state index is 13.9. The average molecular weight is 590 g/mol. The number of benzene rings is 2. The van der Waals surface area contributed by atoms with Crippen LogP contribution in [0.1, 0.15) is 75.4 Å². The molecule has 1 aliphatic heterocycles. The van der Waals surface area contributed by atoms with Gasteiger partial charge in [-0.3, -0.25) is 14.3 Å². The van der Waals surface area contributed by atoms with Crippen LogP contribution in [-0.4, -0.2) is 36.2 Å². The zero-order valence-corrected chi connectivity index (χ0v) is 24.7. The van der Waals surface area contributed by atoms with Crippen molar-refractivity contribution in [3.8, 4) is 0 Å². The minimum Gasteiger partial charge on any atom is -0.271 e. The molecule has 9 heteroatoms. The summed E-state index contributed by atoms with van der Waals surface area (Å²) in [6, 6.07) is 15.8. The van der Waals surface area contributed by atoms with Gasteiger partial charge in [-0.2, -0.15) is 15.3 Å². The topological polar surface area (TPSA) is 85.4 Å². The molecule has 8 nitrogen and oxygen atoms in total. The summed E-state index contributed by atoms with van der Waals surface area (Å²) in [5.41, 5.74) is 4.38. The maximum Gasteiger partial charge on any atom is 0.293 e. The Morgan fingerprint density at radius 2 is 1.74 bits per heavy atom. The van der Waals surface area contributed by atoms with Gasteiger partial charge in [-0.05, 0) is 56.9 Å². The van der Waals surface area contributed by atoms with Gasteiger partial charge in [-0.15, -0.1) is 0 Å². The van der Waals surface area contributed by atoms with E-state index in [0.29, 0.717) is 11.9 Å². The van der Waals surface area contributed by atoms with Crippen molar-refractivity contribution in [1.29, 1.82) is 0 Å². The number of nitrogens with zero attached hydrogens (tertiary/aromatic N) is 6. The molecule has 5 rings (SSSR count). The third-order valence-electron chi connectivity index (χ3n) is 6.98. The van der Waals surface area contributed by atoms with E-state index < -0.39 is 5.54 Å². The first kappa shape index (κ1) is 27.0. The number of carbonyl (C=O) groups excluding carboxylic acids is 1. The van der Waals surface area contributed by atoms with Gasteiger partial charge < -0.3 is 0 Å². The first-order valence-electron chi connectivity index (χ1n) is 13.2. The monoisotopic (exact) mass is 588 g/mol. The first-order valence-corrected chi connectivity index (χ1v) is 13.9. The fourth-order valence-corrected chi connectivity index (χ4v) is 5.21. The lowest BCUT2D eigenvalue weighted by atomic mass is 9.98. The summed E-state index contributed by atoms with van der Waals surface area (Å²) in [5.74, 6) is -0.251. The van der Waals surface area contributed by atoms with E-state index in [4.69, 9.17) is 5.10 Å². The van der Waals surface area contributed by atoms with Gasteiger partial charge in [0.2, 0.25) is 0 Å². The molecule has 0 fully saturated rings. The van der Waals surface area contributed by atoms with E-state index in [1.165, 1.54) is 9.69 Å². The molecule has 2 aromatic heterocycles. The average Bonchev–Trinajstić information content (AvgIpc) is 3.52. The quantitative estimate of drug-likeness (QED) is 0.289. The van der Waals surface area contributed by atoms with Gasteiger partial charge in [0.1, 0.15) is 12.1 Å². The SMILES string of the molecule is Cc1ccc(C2CC(c3ccc(Br)cc3)=NN2C(=O)Cn2nc(C(C)C)c3cnn(C(C)(C)C)c3c2=O)cc1. The van der Waals surface area contributed by atoms with E-state index in [1.807, 2.05) is 90.1 Å². The molecule has 0 saturated heterocycles. The number of amides is 1. The maximum absolute atomic E-state index is 13.9. The summed E-state index contributed by atoms with van der Waals surface area (Å²) in [6.07, 6.45) is 2.28. The molecule has 0 bridgehead atoms. The molecular formula is C30H33BrN6O2. The zero-order chi connectivity index (χ0) is 28.1. The normalized spacial score (nSPS) is 15.8. The number of fused-ring (bicyclic) bond motifs is 1. The Kier molecular flexibility index (Phi) is 7.05. The predicted octanol–water partition coefficient (Wildman–Crippen LogP) is 5.92. The Balaban J connectivity index is 1.57. The lowest BCUT2D eigenvalue weighted by molar-refractivity contribution is -0.133. The van der Waals surface area contributed by atoms with Crippen molar-refractivity contribution in [2.45, 2.75) is 72.0 Å². The molecule has 1 atom stereocenters. The van der Waals surface area contributed by atoms with Crippen LogP contribution < -0.4 is 5.56 Å². The van der Waals surface area contributed by atoms with Crippen molar-refractivity contribution >= 4 is 38.5 Å². The summed E-state index contributed by atoms with van der Waals surface area (Å²) in [6.45, 7) is 11.9.